The molecule has 5 N–H and O–H groups in total. The third-order valence-corrected chi connectivity index (χ3v) is 5.92. The van der Waals surface area contributed by atoms with Crippen molar-refractivity contribution in [3.05, 3.63) is 54.6 Å². The number of nitrogens with two attached hydrogens (primary N) is 1. The molecule has 0 aliphatic carbocycles. The van der Waals surface area contributed by atoms with Crippen LogP contribution in [0.15, 0.2) is 64.4 Å². The van der Waals surface area contributed by atoms with Crippen molar-refractivity contribution in [3.63, 3.8) is 0 Å². The SMILES string of the molecule is Nc1cc(S(=O)(=O)Nc2cccc3cc(S(=O)(=O)O)ccc23)ccc1O. The Kier molecular flexibility index (Phi) is 4.26. The van der Waals surface area contributed by atoms with Crippen molar-refractivity contribution in [1.29, 1.82) is 0 Å². The Bertz CT molecular complexity index is 1220. The number of sulfonamides is 1. The van der Waals surface area contributed by atoms with Crippen molar-refractivity contribution in [2.45, 2.75) is 9.79 Å². The zero-order valence-electron chi connectivity index (χ0n) is 13.1. The topological polar surface area (TPSA) is 147 Å². The number of phenolic OH excluding ortho intramolecular Hbond substituents is 1. The molecule has 8 nitrogen and oxygen atoms in total. The first-order valence-electron chi connectivity index (χ1n) is 7.19. The van der Waals surface area contributed by atoms with Crippen LogP contribution in [0.1, 0.15) is 0 Å². The molecule has 0 saturated carbocycles. The molecule has 0 aliphatic heterocycles. The van der Waals surface area contributed by atoms with Gasteiger partial charge >= 0.3 is 0 Å². The van der Waals surface area contributed by atoms with Crippen molar-refractivity contribution in [2.24, 2.45) is 0 Å². The number of nitrogen functional groups attached to an aromatic ring is 1. The second kappa shape index (κ2) is 6.16. The smallest absolute Gasteiger partial charge is 0.294 e. The molecule has 136 valence electrons. The number of phenols is 1. The van der Waals surface area contributed by atoms with Gasteiger partial charge in [-0.1, -0.05) is 18.2 Å². The third-order valence-electron chi connectivity index (χ3n) is 3.70. The fourth-order valence-corrected chi connectivity index (χ4v) is 4.05. The van der Waals surface area contributed by atoms with E-state index in [2.05, 4.69) is 4.72 Å². The Morgan fingerprint density at radius 1 is 0.885 bits per heavy atom. The van der Waals surface area contributed by atoms with Gasteiger partial charge in [-0.3, -0.25) is 9.27 Å². The fourth-order valence-electron chi connectivity index (χ4n) is 2.41. The standard InChI is InChI=1S/C16H14N2O6S2/c17-14-9-11(5-7-16(14)19)25(20,21)18-15-3-1-2-10-8-12(26(22,23)24)4-6-13(10)15/h1-9,18-19H,17H2,(H,22,23,24). The van der Waals surface area contributed by atoms with E-state index in [4.69, 9.17) is 10.3 Å². The largest absolute Gasteiger partial charge is 0.506 e. The minimum absolute atomic E-state index is 0.0800. The van der Waals surface area contributed by atoms with Crippen LogP contribution in [0.3, 0.4) is 0 Å². The van der Waals surface area contributed by atoms with Gasteiger partial charge in [0.15, 0.2) is 0 Å². The molecule has 0 aliphatic rings. The van der Waals surface area contributed by atoms with Crippen molar-refractivity contribution in [3.8, 4) is 5.75 Å². The molecular formula is C16H14N2O6S2. The first-order valence-corrected chi connectivity index (χ1v) is 10.1. The van der Waals surface area contributed by atoms with E-state index >= 15 is 0 Å². The molecule has 3 aromatic rings. The quantitative estimate of drug-likeness (QED) is 0.301. The molecule has 0 heterocycles. The highest BCUT2D eigenvalue weighted by atomic mass is 32.2. The van der Waals surface area contributed by atoms with Gasteiger partial charge in [0.1, 0.15) is 5.75 Å². The lowest BCUT2D eigenvalue weighted by Gasteiger charge is -2.12. The number of benzene rings is 3. The van der Waals surface area contributed by atoms with Crippen molar-refractivity contribution < 1.29 is 26.5 Å². The summed E-state index contributed by atoms with van der Waals surface area (Å²) in [6.07, 6.45) is 0. The minimum Gasteiger partial charge on any atom is -0.506 e. The van der Waals surface area contributed by atoms with E-state index in [1.165, 1.54) is 36.4 Å². The summed E-state index contributed by atoms with van der Waals surface area (Å²) in [6.45, 7) is 0. The summed E-state index contributed by atoms with van der Waals surface area (Å²) in [5.41, 5.74) is 5.67. The van der Waals surface area contributed by atoms with E-state index in [0.717, 1.165) is 6.07 Å². The van der Waals surface area contributed by atoms with Crippen LogP contribution in [-0.4, -0.2) is 26.5 Å². The molecule has 3 rings (SSSR count). The van der Waals surface area contributed by atoms with E-state index < -0.39 is 20.1 Å². The van der Waals surface area contributed by atoms with Gasteiger partial charge in [-0.05, 0) is 41.8 Å². The maximum Gasteiger partial charge on any atom is 0.294 e. The second-order valence-electron chi connectivity index (χ2n) is 5.49. The molecule has 0 amide bonds. The molecule has 0 saturated heterocycles. The molecule has 0 radical (unpaired) electrons. The van der Waals surface area contributed by atoms with E-state index in [9.17, 15) is 21.9 Å². The maximum absolute atomic E-state index is 12.6. The average molecular weight is 394 g/mol. The van der Waals surface area contributed by atoms with Crippen molar-refractivity contribution >= 4 is 42.3 Å². The Labute approximate surface area is 149 Å². The normalized spacial score (nSPS) is 12.2. The van der Waals surface area contributed by atoms with Crippen LogP contribution in [0, 0.1) is 0 Å². The molecular weight excluding hydrogens is 380 g/mol. The summed E-state index contributed by atoms with van der Waals surface area (Å²) in [5.74, 6) is -0.230. The van der Waals surface area contributed by atoms with Crippen LogP contribution < -0.4 is 10.5 Å². The predicted octanol–water partition coefficient (Wildman–Crippen LogP) is 2.18. The highest BCUT2D eigenvalue weighted by Crippen LogP contribution is 2.29. The third kappa shape index (κ3) is 3.43. The summed E-state index contributed by atoms with van der Waals surface area (Å²) in [7, 11) is -8.36. The maximum atomic E-state index is 12.6. The number of hydrogen-bond acceptors (Lipinski definition) is 6. The van der Waals surface area contributed by atoms with Crippen LogP contribution in [0.2, 0.25) is 0 Å². The Morgan fingerprint density at radius 2 is 1.58 bits per heavy atom. The van der Waals surface area contributed by atoms with E-state index in [-0.39, 0.29) is 26.9 Å². The summed E-state index contributed by atoms with van der Waals surface area (Å²) in [6, 6.07) is 11.9. The zero-order valence-corrected chi connectivity index (χ0v) is 14.8. The zero-order chi connectivity index (χ0) is 19.1. The number of hydrogen-bond donors (Lipinski definition) is 4. The Hall–Kier alpha value is -2.82. The number of anilines is 2. The van der Waals surface area contributed by atoms with Crippen molar-refractivity contribution in [2.75, 3.05) is 10.5 Å². The lowest BCUT2D eigenvalue weighted by Crippen LogP contribution is -2.13. The molecule has 0 unspecified atom stereocenters. The van der Waals surface area contributed by atoms with Crippen LogP contribution in [0.25, 0.3) is 10.8 Å². The molecule has 0 aromatic heterocycles. The summed E-state index contributed by atoms with van der Waals surface area (Å²) in [4.78, 5) is -0.435. The summed E-state index contributed by atoms with van der Waals surface area (Å²) < 4.78 is 59.1. The van der Waals surface area contributed by atoms with Gasteiger partial charge in [-0.25, -0.2) is 8.42 Å². The van der Waals surface area contributed by atoms with Gasteiger partial charge in [0.05, 0.1) is 21.2 Å². The van der Waals surface area contributed by atoms with Gasteiger partial charge in [0.2, 0.25) is 0 Å². The van der Waals surface area contributed by atoms with E-state index in [0.29, 0.717) is 10.8 Å². The molecule has 10 heteroatoms. The first kappa shape index (κ1) is 18.0. The number of nitrogens with one attached hydrogen (secondary N) is 1. The van der Waals surface area contributed by atoms with Gasteiger partial charge in [-0.2, -0.15) is 8.42 Å². The molecule has 3 aromatic carbocycles. The fraction of sp³-hybridized carbons (Fsp3) is 0. The van der Waals surface area contributed by atoms with Crippen molar-refractivity contribution in [1.82, 2.24) is 0 Å². The Morgan fingerprint density at radius 3 is 2.23 bits per heavy atom. The highest BCUT2D eigenvalue weighted by molar-refractivity contribution is 7.92. The lowest BCUT2D eigenvalue weighted by atomic mass is 10.1. The number of aromatic hydroxyl groups is 1. The van der Waals surface area contributed by atoms with Crippen LogP contribution >= 0.6 is 0 Å². The minimum atomic E-state index is -4.37. The predicted molar refractivity (Wildman–Crippen MR) is 97.1 cm³/mol. The monoisotopic (exact) mass is 394 g/mol. The summed E-state index contributed by atoms with van der Waals surface area (Å²) >= 11 is 0. The molecule has 0 spiro atoms. The van der Waals surface area contributed by atoms with E-state index in [1.54, 1.807) is 12.1 Å². The molecule has 0 bridgehead atoms. The van der Waals surface area contributed by atoms with E-state index in [1.807, 2.05) is 0 Å². The van der Waals surface area contributed by atoms with Crippen LogP contribution in [0.5, 0.6) is 5.75 Å². The van der Waals surface area contributed by atoms with Crippen LogP contribution in [-0.2, 0) is 20.1 Å². The Balaban J connectivity index is 2.07. The molecule has 0 fully saturated rings. The number of rotatable bonds is 4. The molecule has 0 atom stereocenters. The van der Waals surface area contributed by atoms with Crippen LogP contribution in [0.4, 0.5) is 11.4 Å². The van der Waals surface area contributed by atoms with Gasteiger partial charge in [0.25, 0.3) is 20.1 Å². The summed E-state index contributed by atoms with van der Waals surface area (Å²) in [5, 5.41) is 10.3. The average Bonchev–Trinajstić information content (AvgIpc) is 2.56. The highest BCUT2D eigenvalue weighted by Gasteiger charge is 2.18. The van der Waals surface area contributed by atoms with Gasteiger partial charge in [0, 0.05) is 5.39 Å². The van der Waals surface area contributed by atoms with Gasteiger partial charge in [-0.15, -0.1) is 0 Å². The van der Waals surface area contributed by atoms with Gasteiger partial charge < -0.3 is 10.8 Å². The second-order valence-corrected chi connectivity index (χ2v) is 8.59. The first-order chi connectivity index (χ1) is 12.1. The molecule has 26 heavy (non-hydrogen) atoms. The number of fused-ring (bicyclic) bond motifs is 1. The lowest BCUT2D eigenvalue weighted by molar-refractivity contribution is 0.477.